The Morgan fingerprint density at radius 2 is 0.653 bits per heavy atom. The summed E-state index contributed by atoms with van der Waals surface area (Å²) < 4.78 is 0. The number of benzene rings is 6. The Bertz CT molecular complexity index is 1650. The smallest absolute Gasteiger partial charge is 0.122 e. The van der Waals surface area contributed by atoms with Crippen molar-refractivity contribution in [3.05, 3.63) is 201 Å². The molecule has 0 spiro atoms. The predicted molar refractivity (Wildman–Crippen MR) is 207 cm³/mol. The van der Waals surface area contributed by atoms with Crippen molar-refractivity contribution < 1.29 is 10.2 Å². The molecule has 2 atom stereocenters. The van der Waals surface area contributed by atoms with Crippen LogP contribution in [0.15, 0.2) is 146 Å². The molecule has 0 saturated carbocycles. The van der Waals surface area contributed by atoms with Gasteiger partial charge in [0.15, 0.2) is 0 Å². The van der Waals surface area contributed by atoms with Crippen LogP contribution in [0.5, 0.6) is 11.5 Å². The van der Waals surface area contributed by atoms with Gasteiger partial charge in [-0.25, -0.2) is 0 Å². The maximum Gasteiger partial charge on any atom is 0.122 e. The van der Waals surface area contributed by atoms with E-state index >= 15 is 0 Å². The van der Waals surface area contributed by atoms with Gasteiger partial charge in [-0.3, -0.25) is 0 Å². The zero-order valence-corrected chi connectivity index (χ0v) is 29.4. The van der Waals surface area contributed by atoms with E-state index in [0.717, 1.165) is 35.1 Å². The normalized spacial score (nSPS) is 12.4. The molecule has 0 heterocycles. The molecule has 49 heavy (non-hydrogen) atoms. The highest BCUT2D eigenvalue weighted by Gasteiger charge is 2.23. The van der Waals surface area contributed by atoms with Crippen LogP contribution in [0.2, 0.25) is 0 Å². The second-order valence-corrected chi connectivity index (χ2v) is 14.4. The third kappa shape index (κ3) is 8.85. The van der Waals surface area contributed by atoms with E-state index in [2.05, 4.69) is 135 Å². The molecule has 2 nitrogen and oxygen atoms in total. The van der Waals surface area contributed by atoms with Gasteiger partial charge in [-0.05, 0) is 68.5 Å². The van der Waals surface area contributed by atoms with Gasteiger partial charge >= 0.3 is 0 Å². The van der Waals surface area contributed by atoms with Gasteiger partial charge in [0.1, 0.15) is 11.5 Å². The minimum Gasteiger partial charge on any atom is -0.507 e. The second-order valence-electron chi connectivity index (χ2n) is 13.0. The van der Waals surface area contributed by atoms with Crippen molar-refractivity contribution in [2.24, 2.45) is 0 Å². The number of phenols is 2. The summed E-state index contributed by atoms with van der Waals surface area (Å²) >= 11 is 2.00. The Labute approximate surface area is 296 Å². The predicted octanol–water partition coefficient (Wildman–Crippen LogP) is 11.8. The molecule has 6 aromatic carbocycles. The van der Waals surface area contributed by atoms with E-state index < -0.39 is 0 Å². The summed E-state index contributed by atoms with van der Waals surface area (Å²) in [7, 11) is 0. The summed E-state index contributed by atoms with van der Waals surface area (Å²) in [6, 6.07) is 50.7. The lowest BCUT2D eigenvalue weighted by Crippen LogP contribution is -2.05. The van der Waals surface area contributed by atoms with E-state index in [4.69, 9.17) is 0 Å². The van der Waals surface area contributed by atoms with E-state index in [1.807, 2.05) is 36.0 Å². The molecular weight excluding hydrogens is 617 g/mol. The zero-order chi connectivity index (χ0) is 34.0. The average Bonchev–Trinajstić information content (AvgIpc) is 3.14. The first-order valence-electron chi connectivity index (χ1n) is 17.5. The lowest BCUT2D eigenvalue weighted by Gasteiger charge is -2.25. The molecule has 0 bridgehead atoms. The Morgan fingerprint density at radius 1 is 0.408 bits per heavy atom. The van der Waals surface area contributed by atoms with E-state index in [1.165, 1.54) is 33.4 Å². The fourth-order valence-electron chi connectivity index (χ4n) is 6.77. The number of hydrogen-bond donors (Lipinski definition) is 2. The maximum atomic E-state index is 11.6. The van der Waals surface area contributed by atoms with Gasteiger partial charge in [0.25, 0.3) is 0 Å². The molecule has 0 aliphatic heterocycles. The first-order chi connectivity index (χ1) is 24.0. The molecule has 0 fully saturated rings. The third-order valence-corrected chi connectivity index (χ3v) is 11.2. The number of hydrogen-bond acceptors (Lipinski definition) is 3. The van der Waals surface area contributed by atoms with Gasteiger partial charge < -0.3 is 10.2 Å². The van der Waals surface area contributed by atoms with Gasteiger partial charge in [-0.1, -0.05) is 159 Å². The number of phenolic OH excluding ortho intramolecular Hbond substituents is 2. The van der Waals surface area contributed by atoms with E-state index in [1.54, 1.807) is 0 Å². The van der Waals surface area contributed by atoms with Gasteiger partial charge in [-0.2, -0.15) is 0 Å². The molecular formula is C46H46O2S. The first kappa shape index (κ1) is 34.1. The first-order valence-corrected chi connectivity index (χ1v) is 18.5. The lowest BCUT2D eigenvalue weighted by molar-refractivity contribution is 0.463. The van der Waals surface area contributed by atoms with Crippen LogP contribution in [0.4, 0.5) is 0 Å². The fourth-order valence-corrected chi connectivity index (χ4v) is 8.14. The van der Waals surface area contributed by atoms with Crippen LogP contribution in [0, 0.1) is 0 Å². The number of thioether (sulfide) groups is 1. The van der Waals surface area contributed by atoms with Crippen LogP contribution in [0.1, 0.15) is 92.8 Å². The highest BCUT2D eigenvalue weighted by Crippen LogP contribution is 2.47. The van der Waals surface area contributed by atoms with Crippen LogP contribution in [0.3, 0.4) is 0 Å². The molecule has 6 aromatic rings. The minimum atomic E-state index is 0.235. The molecule has 248 valence electrons. The second kappa shape index (κ2) is 16.6. The zero-order valence-electron chi connectivity index (χ0n) is 28.6. The van der Waals surface area contributed by atoms with Crippen molar-refractivity contribution >= 4 is 11.8 Å². The minimum absolute atomic E-state index is 0.235. The fraction of sp³-hybridized carbons (Fsp3) is 0.217. The van der Waals surface area contributed by atoms with E-state index in [-0.39, 0.29) is 10.5 Å². The monoisotopic (exact) mass is 662 g/mol. The Kier molecular flexibility index (Phi) is 11.6. The molecule has 2 unspecified atom stereocenters. The molecule has 0 aliphatic rings. The van der Waals surface area contributed by atoms with Crippen LogP contribution < -0.4 is 0 Å². The maximum absolute atomic E-state index is 11.6. The van der Waals surface area contributed by atoms with Crippen LogP contribution in [-0.2, 0) is 25.7 Å². The Balaban J connectivity index is 1.36. The summed E-state index contributed by atoms with van der Waals surface area (Å²) in [4.78, 5) is 0. The largest absolute Gasteiger partial charge is 0.507 e. The standard InChI is InChI=1S/C46H46O2S/c1-3-43(37-29-39(25-33-17-9-5-10-18-33)45(47)40(30-37)26-34-19-11-6-12-20-34)49-44(4-2)38-31-41(27-35-21-13-7-14-22-35)46(48)42(32-38)28-36-23-15-8-16-24-36/h5-24,29-32,43-44,47-48H,3-4,25-28H2,1-2H3. The Hall–Kier alpha value is -4.73. The average molecular weight is 663 g/mol. The molecule has 3 heteroatoms. The quantitative estimate of drug-likeness (QED) is 0.122. The molecule has 0 aliphatic carbocycles. The molecule has 0 amide bonds. The topological polar surface area (TPSA) is 40.5 Å². The summed E-state index contributed by atoms with van der Waals surface area (Å²) in [6.07, 6.45) is 4.67. The summed E-state index contributed by atoms with van der Waals surface area (Å²) in [5.74, 6) is 0.802. The van der Waals surface area contributed by atoms with Gasteiger partial charge in [0, 0.05) is 36.2 Å². The van der Waals surface area contributed by atoms with Crippen molar-refractivity contribution in [2.45, 2.75) is 62.9 Å². The lowest BCUT2D eigenvalue weighted by atomic mass is 9.93. The third-order valence-electron chi connectivity index (χ3n) is 9.34. The van der Waals surface area contributed by atoms with Crippen molar-refractivity contribution in [3.8, 4) is 11.5 Å². The van der Waals surface area contributed by atoms with Crippen LogP contribution in [-0.4, -0.2) is 10.2 Å². The summed E-state index contributed by atoms with van der Waals surface area (Å²) in [5.41, 5.74) is 11.2. The van der Waals surface area contributed by atoms with E-state index in [9.17, 15) is 10.2 Å². The molecule has 2 N–H and O–H groups in total. The Morgan fingerprint density at radius 3 is 0.878 bits per heavy atom. The van der Waals surface area contributed by atoms with Crippen molar-refractivity contribution in [2.75, 3.05) is 0 Å². The van der Waals surface area contributed by atoms with Crippen LogP contribution in [0.25, 0.3) is 0 Å². The highest BCUT2D eigenvalue weighted by molar-refractivity contribution is 7.99. The van der Waals surface area contributed by atoms with Crippen molar-refractivity contribution in [1.29, 1.82) is 0 Å². The summed E-state index contributed by atoms with van der Waals surface area (Å²) in [6.45, 7) is 4.53. The molecule has 0 aromatic heterocycles. The van der Waals surface area contributed by atoms with Gasteiger partial charge in [0.05, 0.1) is 0 Å². The van der Waals surface area contributed by atoms with Gasteiger partial charge in [-0.15, -0.1) is 11.8 Å². The molecule has 0 radical (unpaired) electrons. The SMILES string of the molecule is CCC(SC(CC)c1cc(Cc2ccccc2)c(O)c(Cc2ccccc2)c1)c1cc(Cc2ccccc2)c(O)c(Cc2ccccc2)c1. The summed E-state index contributed by atoms with van der Waals surface area (Å²) in [5, 5.41) is 23.7. The van der Waals surface area contributed by atoms with Crippen molar-refractivity contribution in [1.82, 2.24) is 0 Å². The molecule has 0 saturated heterocycles. The van der Waals surface area contributed by atoms with Gasteiger partial charge in [0.2, 0.25) is 0 Å². The number of aromatic hydroxyl groups is 2. The van der Waals surface area contributed by atoms with Crippen LogP contribution >= 0.6 is 11.8 Å². The highest BCUT2D eigenvalue weighted by atomic mass is 32.2. The van der Waals surface area contributed by atoms with E-state index in [0.29, 0.717) is 37.2 Å². The number of rotatable bonds is 14. The molecule has 6 rings (SSSR count). The van der Waals surface area contributed by atoms with Crippen molar-refractivity contribution in [3.63, 3.8) is 0 Å².